The zero-order valence-corrected chi connectivity index (χ0v) is 21.4. The van der Waals surface area contributed by atoms with E-state index in [1.807, 2.05) is 19.0 Å². The van der Waals surface area contributed by atoms with Gasteiger partial charge in [-0.05, 0) is 68.7 Å². The van der Waals surface area contributed by atoms with Crippen LogP contribution in [-0.2, 0) is 6.54 Å². The topological polar surface area (TPSA) is 115 Å². The molecule has 4 N–H and O–H groups in total. The second-order valence-corrected chi connectivity index (χ2v) is 8.93. The molecule has 0 saturated heterocycles. The third-order valence-corrected chi connectivity index (χ3v) is 5.79. The number of amides is 1. The Morgan fingerprint density at radius 1 is 1.08 bits per heavy atom. The molecule has 39 heavy (non-hydrogen) atoms. The number of carbonyl (C=O) groups excluding carboxylic acids is 1. The highest BCUT2D eigenvalue weighted by molar-refractivity contribution is 6.04. The average Bonchev–Trinajstić information content (AvgIpc) is 2.90. The Bertz CT molecular complexity index is 1520. The van der Waals surface area contributed by atoms with E-state index in [1.54, 1.807) is 6.07 Å². The van der Waals surface area contributed by atoms with E-state index < -0.39 is 23.1 Å². The molecule has 0 aliphatic rings. The average molecular weight is 535 g/mol. The molecule has 0 unspecified atom stereocenters. The van der Waals surface area contributed by atoms with Gasteiger partial charge in [0.2, 0.25) is 0 Å². The van der Waals surface area contributed by atoms with Crippen LogP contribution in [0.3, 0.4) is 0 Å². The van der Waals surface area contributed by atoms with Crippen molar-refractivity contribution < 1.29 is 18.3 Å². The lowest BCUT2D eigenvalue weighted by Gasteiger charge is -2.15. The summed E-state index contributed by atoms with van der Waals surface area (Å²) in [7, 11) is 3.93. The molecular formula is C28H28F2N6O3. The third-order valence-electron chi connectivity index (χ3n) is 5.79. The summed E-state index contributed by atoms with van der Waals surface area (Å²) in [6.45, 7) is 1.91. The van der Waals surface area contributed by atoms with Crippen LogP contribution in [0.25, 0.3) is 5.69 Å². The van der Waals surface area contributed by atoms with E-state index in [-0.39, 0.29) is 22.8 Å². The standard InChI is InChI=1S/C28H28F2N6O3/c1-35(2)15-13-32-17-22-24(11-12-33-26(22)31)39-25-10-7-19(16-23(25)30)34-27(37)21-4-3-14-36(28(21)38)20-8-5-18(29)6-9-20/h3-12,14,16,32H,13,15,17H2,1-2H3,(H2,31,33)(H,34,37). The minimum absolute atomic E-state index is 0.0773. The first-order chi connectivity index (χ1) is 18.7. The summed E-state index contributed by atoms with van der Waals surface area (Å²) in [6, 6.07) is 13.7. The summed E-state index contributed by atoms with van der Waals surface area (Å²) in [5, 5.41) is 5.79. The first kappa shape index (κ1) is 27.4. The lowest BCUT2D eigenvalue weighted by atomic mass is 10.2. The first-order valence-corrected chi connectivity index (χ1v) is 12.1. The number of carbonyl (C=O) groups is 1. The molecule has 2 aromatic heterocycles. The fourth-order valence-corrected chi connectivity index (χ4v) is 3.73. The Balaban J connectivity index is 1.48. The molecule has 0 atom stereocenters. The summed E-state index contributed by atoms with van der Waals surface area (Å²) in [4.78, 5) is 31.9. The van der Waals surface area contributed by atoms with Crippen molar-refractivity contribution in [3.8, 4) is 17.2 Å². The molecule has 9 nitrogen and oxygen atoms in total. The monoisotopic (exact) mass is 534 g/mol. The molecule has 0 spiro atoms. The van der Waals surface area contributed by atoms with E-state index in [9.17, 15) is 18.4 Å². The lowest BCUT2D eigenvalue weighted by Crippen LogP contribution is -2.27. The van der Waals surface area contributed by atoms with E-state index in [0.717, 1.165) is 12.6 Å². The van der Waals surface area contributed by atoms with E-state index in [4.69, 9.17) is 10.5 Å². The Hall–Kier alpha value is -4.61. The quantitative estimate of drug-likeness (QED) is 0.265. The number of hydrogen-bond donors (Lipinski definition) is 3. The number of anilines is 2. The van der Waals surface area contributed by atoms with Crippen LogP contribution in [0.2, 0.25) is 0 Å². The predicted octanol–water partition coefficient (Wildman–Crippen LogP) is 3.79. The van der Waals surface area contributed by atoms with Gasteiger partial charge in [-0.3, -0.25) is 14.2 Å². The van der Waals surface area contributed by atoms with E-state index in [2.05, 4.69) is 15.6 Å². The molecule has 1 amide bonds. The number of rotatable bonds is 10. The SMILES string of the molecule is CN(C)CCNCc1c(Oc2ccc(NC(=O)c3cccn(-c4ccc(F)cc4)c3=O)cc2F)ccnc1N. The molecule has 202 valence electrons. The normalized spacial score (nSPS) is 11.0. The summed E-state index contributed by atoms with van der Waals surface area (Å²) < 4.78 is 35.2. The first-order valence-electron chi connectivity index (χ1n) is 12.1. The van der Waals surface area contributed by atoms with Crippen molar-refractivity contribution >= 4 is 17.4 Å². The number of likely N-dealkylation sites (N-methyl/N-ethyl adjacent to an activating group) is 1. The molecule has 2 aromatic carbocycles. The Kier molecular flexibility index (Phi) is 8.64. The number of hydrogen-bond acceptors (Lipinski definition) is 7. The van der Waals surface area contributed by atoms with Gasteiger partial charge < -0.3 is 26.0 Å². The lowest BCUT2D eigenvalue weighted by molar-refractivity contribution is 0.102. The zero-order chi connectivity index (χ0) is 27.9. The summed E-state index contributed by atoms with van der Waals surface area (Å²) in [5.74, 6) is -1.37. The van der Waals surface area contributed by atoms with Crippen molar-refractivity contribution in [3.63, 3.8) is 0 Å². The van der Waals surface area contributed by atoms with Crippen molar-refractivity contribution in [1.82, 2.24) is 19.8 Å². The number of aromatic nitrogens is 2. The van der Waals surface area contributed by atoms with Crippen molar-refractivity contribution in [2.75, 3.05) is 38.2 Å². The third kappa shape index (κ3) is 6.83. The number of halogens is 2. The molecule has 4 rings (SSSR count). The number of nitrogens with zero attached hydrogens (tertiary/aromatic N) is 3. The van der Waals surface area contributed by atoms with Crippen LogP contribution in [0.1, 0.15) is 15.9 Å². The minimum Gasteiger partial charge on any atom is -0.454 e. The maximum atomic E-state index is 15.0. The van der Waals surface area contributed by atoms with Gasteiger partial charge in [-0.1, -0.05) is 0 Å². The van der Waals surface area contributed by atoms with Crippen LogP contribution in [0.5, 0.6) is 11.5 Å². The number of ether oxygens (including phenoxy) is 1. The van der Waals surface area contributed by atoms with Gasteiger partial charge in [-0.25, -0.2) is 13.8 Å². The van der Waals surface area contributed by atoms with Gasteiger partial charge in [0.1, 0.15) is 22.9 Å². The van der Waals surface area contributed by atoms with Crippen LogP contribution >= 0.6 is 0 Å². The Labute approximate surface area is 223 Å². The highest BCUT2D eigenvalue weighted by atomic mass is 19.1. The van der Waals surface area contributed by atoms with E-state index in [1.165, 1.54) is 65.5 Å². The van der Waals surface area contributed by atoms with E-state index in [0.29, 0.717) is 30.1 Å². The fraction of sp³-hybridized carbons (Fsp3) is 0.179. The molecule has 2 heterocycles. The molecule has 4 aromatic rings. The Morgan fingerprint density at radius 3 is 2.56 bits per heavy atom. The molecule has 0 fully saturated rings. The number of nitrogens with one attached hydrogen (secondary N) is 2. The number of nitrogens with two attached hydrogens (primary N) is 1. The zero-order valence-electron chi connectivity index (χ0n) is 21.4. The molecule has 0 aliphatic carbocycles. The molecule has 0 aliphatic heterocycles. The van der Waals surface area contributed by atoms with Crippen LogP contribution in [-0.4, -0.2) is 47.5 Å². The smallest absolute Gasteiger partial charge is 0.267 e. The van der Waals surface area contributed by atoms with Gasteiger partial charge in [0, 0.05) is 49.5 Å². The minimum atomic E-state index is -0.730. The predicted molar refractivity (Wildman–Crippen MR) is 145 cm³/mol. The van der Waals surface area contributed by atoms with Crippen molar-refractivity contribution in [1.29, 1.82) is 0 Å². The molecule has 0 bridgehead atoms. The molecular weight excluding hydrogens is 506 g/mol. The van der Waals surface area contributed by atoms with Gasteiger partial charge in [0.15, 0.2) is 11.6 Å². The number of pyridine rings is 2. The summed E-state index contributed by atoms with van der Waals surface area (Å²) in [5.41, 5.74) is 6.37. The fourth-order valence-electron chi connectivity index (χ4n) is 3.73. The van der Waals surface area contributed by atoms with Gasteiger partial charge in [-0.2, -0.15) is 0 Å². The molecule has 11 heteroatoms. The van der Waals surface area contributed by atoms with Gasteiger partial charge >= 0.3 is 0 Å². The van der Waals surface area contributed by atoms with Crippen molar-refractivity contribution in [2.24, 2.45) is 0 Å². The van der Waals surface area contributed by atoms with Gasteiger partial charge in [-0.15, -0.1) is 0 Å². The maximum absolute atomic E-state index is 15.0. The van der Waals surface area contributed by atoms with Crippen molar-refractivity contribution in [3.05, 3.63) is 106 Å². The van der Waals surface area contributed by atoms with E-state index >= 15 is 0 Å². The van der Waals surface area contributed by atoms with Crippen LogP contribution < -0.4 is 26.7 Å². The van der Waals surface area contributed by atoms with Crippen LogP contribution in [0.4, 0.5) is 20.3 Å². The number of benzene rings is 2. The summed E-state index contributed by atoms with van der Waals surface area (Å²) in [6.07, 6.45) is 2.94. The second-order valence-electron chi connectivity index (χ2n) is 8.93. The number of nitrogen functional groups attached to an aromatic ring is 1. The highest BCUT2D eigenvalue weighted by Gasteiger charge is 2.16. The van der Waals surface area contributed by atoms with Crippen LogP contribution in [0, 0.1) is 11.6 Å². The largest absolute Gasteiger partial charge is 0.454 e. The molecule has 0 radical (unpaired) electrons. The van der Waals surface area contributed by atoms with Gasteiger partial charge in [0.05, 0.1) is 5.56 Å². The summed E-state index contributed by atoms with van der Waals surface area (Å²) >= 11 is 0. The Morgan fingerprint density at radius 2 is 1.85 bits per heavy atom. The van der Waals surface area contributed by atoms with Crippen LogP contribution in [0.15, 0.2) is 77.9 Å². The van der Waals surface area contributed by atoms with Gasteiger partial charge in [0.25, 0.3) is 11.5 Å². The highest BCUT2D eigenvalue weighted by Crippen LogP contribution is 2.31. The maximum Gasteiger partial charge on any atom is 0.267 e. The van der Waals surface area contributed by atoms with Crippen molar-refractivity contribution in [2.45, 2.75) is 6.54 Å². The molecule has 0 saturated carbocycles. The second kappa shape index (κ2) is 12.3.